The van der Waals surface area contributed by atoms with Crippen molar-refractivity contribution < 1.29 is 14.4 Å². The van der Waals surface area contributed by atoms with Crippen molar-refractivity contribution in [3.05, 3.63) is 84.2 Å². The first-order chi connectivity index (χ1) is 21.3. The van der Waals surface area contributed by atoms with Crippen LogP contribution in [0, 0.1) is 0 Å². The molecule has 3 aromatic heterocycles. The minimum atomic E-state index is -0.710. The Bertz CT molecular complexity index is 1790. The summed E-state index contributed by atoms with van der Waals surface area (Å²) in [6, 6.07) is 13.6. The standard InChI is InChI=1S/C34H35N7O3/c1-35-34(11-12-34)32(44)40-16-13-33(14-17-40)25-10-15-36-20-28(25)41(31(33)43)21-27-29(24-7-5-4-6-22(24)18-38-27)23-8-9-26(37-19-23)30(42)39(2)3/h4-10,15,18-20,35H,11-14,16-17,21H2,1-3H3. The molecule has 44 heavy (non-hydrogen) atoms. The smallest absolute Gasteiger partial charge is 0.271 e. The maximum atomic E-state index is 14.5. The van der Waals surface area contributed by atoms with E-state index in [1.807, 2.05) is 59.4 Å². The van der Waals surface area contributed by atoms with Crippen molar-refractivity contribution in [3.63, 3.8) is 0 Å². The van der Waals surface area contributed by atoms with Gasteiger partial charge in [0, 0.05) is 62.3 Å². The molecule has 1 saturated heterocycles. The number of hydrogen-bond acceptors (Lipinski definition) is 7. The van der Waals surface area contributed by atoms with Crippen molar-refractivity contribution in [1.29, 1.82) is 0 Å². The number of carbonyl (C=O) groups is 3. The molecule has 3 aliphatic rings. The number of hydrogen-bond donors (Lipinski definition) is 1. The summed E-state index contributed by atoms with van der Waals surface area (Å²) in [5.74, 6) is -0.00628. The van der Waals surface area contributed by atoms with Gasteiger partial charge in [-0.1, -0.05) is 30.3 Å². The van der Waals surface area contributed by atoms with Gasteiger partial charge in [-0.25, -0.2) is 0 Å². The Morgan fingerprint density at radius 1 is 0.955 bits per heavy atom. The average molecular weight is 590 g/mol. The lowest BCUT2D eigenvalue weighted by molar-refractivity contribution is -0.138. The number of carbonyl (C=O) groups excluding carboxylic acids is 3. The summed E-state index contributed by atoms with van der Waals surface area (Å²) in [5.41, 5.74) is 3.40. The first kappa shape index (κ1) is 28.1. The SMILES string of the molecule is CNC1(C(=O)N2CCC3(CC2)C(=O)N(Cc2ncc4ccccc4c2-c2ccc(C(=O)N(C)C)nc2)c2cnccc23)CC1. The monoisotopic (exact) mass is 589 g/mol. The Kier molecular flexibility index (Phi) is 6.69. The van der Waals surface area contributed by atoms with Crippen LogP contribution in [0.3, 0.4) is 0 Å². The summed E-state index contributed by atoms with van der Waals surface area (Å²) in [7, 11) is 5.25. The molecule has 10 heteroatoms. The van der Waals surface area contributed by atoms with Gasteiger partial charge in [-0.3, -0.25) is 29.3 Å². The van der Waals surface area contributed by atoms with E-state index in [4.69, 9.17) is 4.98 Å². The molecule has 5 heterocycles. The summed E-state index contributed by atoms with van der Waals surface area (Å²) in [5, 5.41) is 5.17. The highest BCUT2D eigenvalue weighted by Crippen LogP contribution is 2.49. The molecule has 2 aliphatic heterocycles. The third-order valence-electron chi connectivity index (χ3n) is 9.67. The van der Waals surface area contributed by atoms with E-state index in [0.29, 0.717) is 31.6 Å². The molecule has 0 atom stereocenters. The number of nitrogens with one attached hydrogen (secondary N) is 1. The van der Waals surface area contributed by atoms with Crippen LogP contribution < -0.4 is 10.2 Å². The normalized spacial score (nSPS) is 18.0. The number of amides is 3. The largest absolute Gasteiger partial charge is 0.343 e. The van der Waals surface area contributed by atoms with Crippen LogP contribution in [0.5, 0.6) is 0 Å². The van der Waals surface area contributed by atoms with Gasteiger partial charge in [0.15, 0.2) is 0 Å². The molecule has 0 bridgehead atoms. The molecule has 1 N–H and O–H groups in total. The second-order valence-corrected chi connectivity index (χ2v) is 12.3. The van der Waals surface area contributed by atoms with E-state index in [9.17, 15) is 14.4 Å². The first-order valence-corrected chi connectivity index (χ1v) is 15.1. The number of rotatable bonds is 6. The van der Waals surface area contributed by atoms with Gasteiger partial charge >= 0.3 is 0 Å². The third kappa shape index (κ3) is 4.35. The van der Waals surface area contributed by atoms with Crippen molar-refractivity contribution in [2.24, 2.45) is 0 Å². The number of aromatic nitrogens is 3. The molecule has 1 saturated carbocycles. The predicted molar refractivity (Wildman–Crippen MR) is 167 cm³/mol. The Labute approximate surface area is 256 Å². The lowest BCUT2D eigenvalue weighted by Gasteiger charge is -2.39. The quantitative estimate of drug-likeness (QED) is 0.366. The third-order valence-corrected chi connectivity index (χ3v) is 9.67. The van der Waals surface area contributed by atoms with Gasteiger partial charge in [-0.15, -0.1) is 0 Å². The first-order valence-electron chi connectivity index (χ1n) is 15.1. The molecular weight excluding hydrogens is 554 g/mol. The van der Waals surface area contributed by atoms with Gasteiger partial charge in [-0.2, -0.15) is 0 Å². The van der Waals surface area contributed by atoms with Crippen molar-refractivity contribution in [1.82, 2.24) is 30.1 Å². The van der Waals surface area contributed by atoms with Gasteiger partial charge in [0.2, 0.25) is 11.8 Å². The fourth-order valence-corrected chi connectivity index (χ4v) is 6.91. The highest BCUT2D eigenvalue weighted by Gasteiger charge is 2.55. The summed E-state index contributed by atoms with van der Waals surface area (Å²) in [4.78, 5) is 59.2. The Morgan fingerprint density at radius 3 is 2.41 bits per heavy atom. The fraction of sp³-hybridized carbons (Fsp3) is 0.353. The number of pyridine rings is 3. The average Bonchev–Trinajstić information content (AvgIpc) is 3.84. The predicted octanol–water partition coefficient (Wildman–Crippen LogP) is 3.55. The summed E-state index contributed by atoms with van der Waals surface area (Å²) >= 11 is 0. The molecule has 1 spiro atoms. The number of fused-ring (bicyclic) bond motifs is 3. The van der Waals surface area contributed by atoms with Gasteiger partial charge in [0.1, 0.15) is 5.69 Å². The number of piperidine rings is 1. The lowest BCUT2D eigenvalue weighted by Crippen LogP contribution is -2.54. The molecule has 10 nitrogen and oxygen atoms in total. The second-order valence-electron chi connectivity index (χ2n) is 12.3. The molecule has 224 valence electrons. The van der Waals surface area contributed by atoms with Crippen LogP contribution in [-0.2, 0) is 21.5 Å². The van der Waals surface area contributed by atoms with Crippen molar-refractivity contribution >= 4 is 34.2 Å². The van der Waals surface area contributed by atoms with Crippen molar-refractivity contribution in [2.75, 3.05) is 39.1 Å². The van der Waals surface area contributed by atoms with E-state index in [0.717, 1.165) is 51.7 Å². The Hall–Kier alpha value is -4.70. The molecule has 1 aromatic carbocycles. The second kappa shape index (κ2) is 10.5. The van der Waals surface area contributed by atoms with Crippen LogP contribution >= 0.6 is 0 Å². The number of anilines is 1. The van der Waals surface area contributed by atoms with E-state index < -0.39 is 11.0 Å². The van der Waals surface area contributed by atoms with Crippen LogP contribution in [-0.4, -0.2) is 82.2 Å². The van der Waals surface area contributed by atoms with Crippen LogP contribution in [0.4, 0.5) is 5.69 Å². The number of benzene rings is 1. The molecular formula is C34H35N7O3. The van der Waals surface area contributed by atoms with Gasteiger partial charge in [0.25, 0.3) is 5.91 Å². The van der Waals surface area contributed by atoms with E-state index in [2.05, 4.69) is 15.3 Å². The summed E-state index contributed by atoms with van der Waals surface area (Å²) in [6.45, 7) is 1.32. The molecule has 0 unspecified atom stereocenters. The summed E-state index contributed by atoms with van der Waals surface area (Å²) in [6.07, 6.45) is 9.90. The number of likely N-dealkylation sites (N-methyl/N-ethyl adjacent to an activating group) is 1. The van der Waals surface area contributed by atoms with Crippen LogP contribution in [0.25, 0.3) is 21.9 Å². The number of likely N-dealkylation sites (tertiary alicyclic amines) is 1. The van der Waals surface area contributed by atoms with Crippen molar-refractivity contribution in [3.8, 4) is 11.1 Å². The lowest BCUT2D eigenvalue weighted by atomic mass is 9.74. The molecule has 1 aliphatic carbocycles. The highest BCUT2D eigenvalue weighted by atomic mass is 16.2. The molecule has 0 radical (unpaired) electrons. The topological polar surface area (TPSA) is 112 Å². The highest BCUT2D eigenvalue weighted by molar-refractivity contribution is 6.08. The minimum Gasteiger partial charge on any atom is -0.343 e. The van der Waals surface area contributed by atoms with E-state index in [1.54, 1.807) is 38.8 Å². The zero-order valence-corrected chi connectivity index (χ0v) is 25.2. The zero-order chi connectivity index (χ0) is 30.6. The molecule has 2 fully saturated rings. The van der Waals surface area contributed by atoms with E-state index in [1.165, 1.54) is 4.90 Å². The van der Waals surface area contributed by atoms with Crippen LogP contribution in [0.2, 0.25) is 0 Å². The van der Waals surface area contributed by atoms with Gasteiger partial charge in [0.05, 0.1) is 35.1 Å². The number of nitrogens with zero attached hydrogens (tertiary/aromatic N) is 6. The minimum absolute atomic E-state index is 0.0216. The maximum Gasteiger partial charge on any atom is 0.271 e. The van der Waals surface area contributed by atoms with E-state index in [-0.39, 0.29) is 24.3 Å². The maximum absolute atomic E-state index is 14.5. The Morgan fingerprint density at radius 2 is 1.73 bits per heavy atom. The molecule has 4 aromatic rings. The van der Waals surface area contributed by atoms with Crippen molar-refractivity contribution in [2.45, 2.75) is 43.2 Å². The summed E-state index contributed by atoms with van der Waals surface area (Å²) < 4.78 is 0. The molecule has 7 rings (SSSR count). The van der Waals surface area contributed by atoms with Crippen LogP contribution in [0.1, 0.15) is 47.4 Å². The fourth-order valence-electron chi connectivity index (χ4n) is 6.91. The van der Waals surface area contributed by atoms with E-state index >= 15 is 0 Å². The molecule has 3 amide bonds. The zero-order valence-electron chi connectivity index (χ0n) is 25.2. The van der Waals surface area contributed by atoms with Gasteiger partial charge in [-0.05, 0) is 55.8 Å². The Balaban J connectivity index is 1.24. The van der Waals surface area contributed by atoms with Crippen LogP contribution in [0.15, 0.2) is 67.3 Å². The van der Waals surface area contributed by atoms with Gasteiger partial charge < -0.3 is 20.0 Å².